The molecule has 1 aliphatic heterocycles. The average Bonchev–Trinajstić information content (AvgIpc) is 2.59. The molecule has 0 saturated carbocycles. The van der Waals surface area contributed by atoms with E-state index in [1.807, 2.05) is 6.08 Å². The molecule has 0 amide bonds. The van der Waals surface area contributed by atoms with Crippen molar-refractivity contribution in [2.45, 2.75) is 6.04 Å². The largest absolute Gasteiger partial charge is 0.478 e. The van der Waals surface area contributed by atoms with E-state index in [0.717, 1.165) is 5.57 Å². The van der Waals surface area contributed by atoms with E-state index in [-0.39, 0.29) is 24.1 Å². The fourth-order valence-corrected chi connectivity index (χ4v) is 1.77. The molecule has 3 N–H and O–H groups in total. The Kier molecular flexibility index (Phi) is 2.13. The van der Waals surface area contributed by atoms with E-state index in [4.69, 9.17) is 10.2 Å². The van der Waals surface area contributed by atoms with Crippen LogP contribution in [-0.2, 0) is 4.79 Å². The van der Waals surface area contributed by atoms with Crippen molar-refractivity contribution < 1.29 is 15.0 Å². The van der Waals surface area contributed by atoms with Crippen LogP contribution < -0.4 is 5.32 Å². The third-order valence-electron chi connectivity index (χ3n) is 2.55. The molecule has 1 heterocycles. The van der Waals surface area contributed by atoms with Crippen LogP contribution in [0.5, 0.6) is 0 Å². The van der Waals surface area contributed by atoms with E-state index in [2.05, 4.69) is 5.32 Å². The number of fused-ring (bicyclic) bond motifs is 1. The lowest BCUT2D eigenvalue weighted by atomic mass is 9.89. The first-order valence-electron chi connectivity index (χ1n) is 4.41. The molecule has 0 bridgehead atoms. The maximum Gasteiger partial charge on any atom is 0.335 e. The summed E-state index contributed by atoms with van der Waals surface area (Å²) < 4.78 is 0. The van der Waals surface area contributed by atoms with Gasteiger partial charge in [-0.15, -0.1) is 0 Å². The Hall–Kier alpha value is -1.55. The number of rotatable bonds is 2. The maximum atomic E-state index is 10.7. The lowest BCUT2D eigenvalue weighted by Gasteiger charge is -2.19. The molecule has 0 aromatic carbocycles. The first-order valence-corrected chi connectivity index (χ1v) is 4.41. The number of nitrogens with one attached hydrogen (secondary N) is 1. The third-order valence-corrected chi connectivity index (χ3v) is 2.55. The van der Waals surface area contributed by atoms with E-state index in [1.54, 1.807) is 18.4 Å². The number of aliphatic hydroxyl groups is 1. The normalized spacial score (nSPS) is 28.9. The van der Waals surface area contributed by atoms with Gasteiger partial charge in [0.1, 0.15) is 0 Å². The molecule has 4 nitrogen and oxygen atoms in total. The molecule has 2 unspecified atom stereocenters. The monoisotopic (exact) mass is 193 g/mol. The molecule has 2 atom stereocenters. The summed E-state index contributed by atoms with van der Waals surface area (Å²) in [5.74, 6) is -0.944. The molecular formula is C10H11NO3. The molecule has 0 spiro atoms. The van der Waals surface area contributed by atoms with Crippen molar-refractivity contribution in [1.29, 1.82) is 0 Å². The van der Waals surface area contributed by atoms with Gasteiger partial charge in [-0.25, -0.2) is 4.79 Å². The lowest BCUT2D eigenvalue weighted by Crippen LogP contribution is -2.27. The Labute approximate surface area is 81.2 Å². The highest BCUT2D eigenvalue weighted by Gasteiger charge is 2.29. The molecule has 0 radical (unpaired) electrons. The van der Waals surface area contributed by atoms with Gasteiger partial charge in [-0.05, 0) is 17.8 Å². The van der Waals surface area contributed by atoms with Crippen LogP contribution in [0.2, 0.25) is 0 Å². The topological polar surface area (TPSA) is 69.6 Å². The van der Waals surface area contributed by atoms with E-state index >= 15 is 0 Å². The molecule has 0 fully saturated rings. The molecule has 0 saturated heterocycles. The van der Waals surface area contributed by atoms with Gasteiger partial charge in [0.2, 0.25) is 0 Å². The Morgan fingerprint density at radius 1 is 1.57 bits per heavy atom. The number of hydrogen-bond acceptors (Lipinski definition) is 3. The minimum Gasteiger partial charge on any atom is -0.478 e. The molecule has 2 aliphatic rings. The van der Waals surface area contributed by atoms with Crippen LogP contribution in [0.1, 0.15) is 0 Å². The fraction of sp³-hybridized carbons (Fsp3) is 0.300. The van der Waals surface area contributed by atoms with Gasteiger partial charge in [0.05, 0.1) is 18.2 Å². The predicted molar refractivity (Wildman–Crippen MR) is 50.4 cm³/mol. The number of carbonyl (C=O) groups is 1. The van der Waals surface area contributed by atoms with Gasteiger partial charge >= 0.3 is 5.97 Å². The second kappa shape index (κ2) is 3.31. The number of carboxylic acid groups (broad SMARTS) is 1. The summed E-state index contributed by atoms with van der Waals surface area (Å²) in [7, 11) is 0. The summed E-state index contributed by atoms with van der Waals surface area (Å²) in [6, 6.07) is 0.0975. The first kappa shape index (κ1) is 9.02. The predicted octanol–water partition coefficient (Wildman–Crippen LogP) is 0.0314. The highest BCUT2D eigenvalue weighted by atomic mass is 16.4. The minimum atomic E-state index is -0.927. The van der Waals surface area contributed by atoms with Crippen LogP contribution in [0.15, 0.2) is 35.6 Å². The van der Waals surface area contributed by atoms with Gasteiger partial charge in [0, 0.05) is 5.92 Å². The fourth-order valence-electron chi connectivity index (χ4n) is 1.77. The Morgan fingerprint density at radius 3 is 3.00 bits per heavy atom. The summed E-state index contributed by atoms with van der Waals surface area (Å²) in [6.45, 7) is -0.0363. The van der Waals surface area contributed by atoms with Crippen LogP contribution in [0, 0.1) is 5.92 Å². The zero-order valence-electron chi connectivity index (χ0n) is 7.47. The Morgan fingerprint density at radius 2 is 2.36 bits per heavy atom. The van der Waals surface area contributed by atoms with Gasteiger partial charge in [0.25, 0.3) is 0 Å². The van der Waals surface area contributed by atoms with Crippen molar-refractivity contribution in [3.63, 3.8) is 0 Å². The van der Waals surface area contributed by atoms with Gasteiger partial charge in [-0.2, -0.15) is 0 Å². The highest BCUT2D eigenvalue weighted by molar-refractivity contribution is 5.90. The number of aliphatic hydroxyl groups excluding tert-OH is 1. The second-order valence-corrected chi connectivity index (χ2v) is 3.38. The van der Waals surface area contributed by atoms with Gasteiger partial charge < -0.3 is 15.5 Å². The van der Waals surface area contributed by atoms with Crippen LogP contribution in [-0.4, -0.2) is 28.8 Å². The van der Waals surface area contributed by atoms with E-state index in [1.165, 1.54) is 0 Å². The van der Waals surface area contributed by atoms with E-state index in [0.29, 0.717) is 0 Å². The molecule has 0 aromatic heterocycles. The summed E-state index contributed by atoms with van der Waals surface area (Å²) in [5, 5.41) is 20.9. The summed E-state index contributed by atoms with van der Waals surface area (Å²) in [6.07, 6.45) is 6.83. The van der Waals surface area contributed by atoms with Gasteiger partial charge in [-0.1, -0.05) is 12.2 Å². The third kappa shape index (κ3) is 1.33. The molecule has 14 heavy (non-hydrogen) atoms. The van der Waals surface area contributed by atoms with Gasteiger partial charge in [0.15, 0.2) is 0 Å². The van der Waals surface area contributed by atoms with Gasteiger partial charge in [-0.3, -0.25) is 0 Å². The molecular weight excluding hydrogens is 182 g/mol. The number of aliphatic carboxylic acids is 1. The molecule has 74 valence electrons. The SMILES string of the molecule is O=C(O)C1=CC2C(CO)=CNC2C=C1. The Balaban J connectivity index is 2.26. The summed E-state index contributed by atoms with van der Waals surface area (Å²) in [4.78, 5) is 10.7. The van der Waals surface area contributed by atoms with Crippen molar-refractivity contribution in [3.05, 3.63) is 35.6 Å². The summed E-state index contributed by atoms with van der Waals surface area (Å²) in [5.41, 5.74) is 1.12. The van der Waals surface area contributed by atoms with Crippen molar-refractivity contribution in [1.82, 2.24) is 5.32 Å². The van der Waals surface area contributed by atoms with Crippen LogP contribution in [0.25, 0.3) is 0 Å². The Bertz CT molecular complexity index is 354. The highest BCUT2D eigenvalue weighted by Crippen LogP contribution is 2.28. The lowest BCUT2D eigenvalue weighted by molar-refractivity contribution is -0.132. The quantitative estimate of drug-likeness (QED) is 0.578. The zero-order chi connectivity index (χ0) is 10.1. The van der Waals surface area contributed by atoms with Crippen LogP contribution >= 0.6 is 0 Å². The maximum absolute atomic E-state index is 10.7. The first-order chi connectivity index (χ1) is 6.72. The molecule has 4 heteroatoms. The molecule has 1 aliphatic carbocycles. The standard InChI is InChI=1S/C10H11NO3/c12-5-7-4-11-9-2-1-6(10(13)14)3-8(7)9/h1-4,8-9,11-12H,5H2,(H,13,14). The number of carboxylic acids is 1. The zero-order valence-corrected chi connectivity index (χ0v) is 7.47. The van der Waals surface area contributed by atoms with Crippen molar-refractivity contribution in [2.24, 2.45) is 5.92 Å². The second-order valence-electron chi connectivity index (χ2n) is 3.38. The van der Waals surface area contributed by atoms with E-state index < -0.39 is 5.97 Å². The summed E-state index contributed by atoms with van der Waals surface area (Å²) >= 11 is 0. The van der Waals surface area contributed by atoms with Crippen LogP contribution in [0.3, 0.4) is 0 Å². The van der Waals surface area contributed by atoms with Crippen molar-refractivity contribution >= 4 is 5.97 Å². The molecule has 2 rings (SSSR count). The molecule has 0 aromatic rings. The smallest absolute Gasteiger partial charge is 0.335 e. The average molecular weight is 193 g/mol. The number of hydrogen-bond donors (Lipinski definition) is 3. The van der Waals surface area contributed by atoms with E-state index in [9.17, 15) is 4.79 Å². The van der Waals surface area contributed by atoms with Crippen molar-refractivity contribution in [2.75, 3.05) is 6.61 Å². The van der Waals surface area contributed by atoms with Crippen LogP contribution in [0.4, 0.5) is 0 Å². The minimum absolute atomic E-state index is 0.0175. The van der Waals surface area contributed by atoms with Crippen molar-refractivity contribution in [3.8, 4) is 0 Å².